The van der Waals surface area contributed by atoms with Crippen LogP contribution in [0.15, 0.2) is 85.1 Å². The van der Waals surface area contributed by atoms with E-state index >= 15 is 0 Å². The molecule has 3 rings (SSSR count). The number of carbonyl (C=O) groups excluding carboxylic acids is 2. The summed E-state index contributed by atoms with van der Waals surface area (Å²) in [5.41, 5.74) is 3.21. The summed E-state index contributed by atoms with van der Waals surface area (Å²) in [6.07, 6.45) is 5.01. The van der Waals surface area contributed by atoms with Crippen molar-refractivity contribution in [2.75, 3.05) is 14.1 Å². The molecule has 0 saturated carbocycles. The first-order chi connectivity index (χ1) is 14.1. The van der Waals surface area contributed by atoms with Gasteiger partial charge in [-0.3, -0.25) is 14.6 Å². The highest BCUT2D eigenvalue weighted by atomic mass is 16.2. The number of rotatable bonds is 6. The molecule has 2 amide bonds. The van der Waals surface area contributed by atoms with Gasteiger partial charge < -0.3 is 10.2 Å². The molecule has 1 unspecified atom stereocenters. The highest BCUT2D eigenvalue weighted by molar-refractivity contribution is 5.95. The molecular formula is C24H23N3O2. The summed E-state index contributed by atoms with van der Waals surface area (Å²) in [5.74, 6) is -0.280. The van der Waals surface area contributed by atoms with Gasteiger partial charge in [0, 0.05) is 31.9 Å². The van der Waals surface area contributed by atoms with Crippen LogP contribution in [-0.2, 0) is 4.79 Å². The van der Waals surface area contributed by atoms with Crippen LogP contribution >= 0.6 is 0 Å². The number of pyridine rings is 1. The van der Waals surface area contributed by atoms with Crippen LogP contribution in [0.25, 0.3) is 6.08 Å². The molecule has 3 aromatic rings. The zero-order valence-electron chi connectivity index (χ0n) is 16.4. The highest BCUT2D eigenvalue weighted by Crippen LogP contribution is 2.26. The van der Waals surface area contributed by atoms with E-state index in [4.69, 9.17) is 0 Å². The molecule has 2 aromatic carbocycles. The summed E-state index contributed by atoms with van der Waals surface area (Å²) >= 11 is 0. The number of likely N-dealkylation sites (N-methyl/N-ethyl adjacent to an activating group) is 1. The molecule has 5 heteroatoms. The second-order valence-electron chi connectivity index (χ2n) is 6.55. The first-order valence-corrected chi connectivity index (χ1v) is 9.33. The zero-order valence-corrected chi connectivity index (χ0v) is 16.4. The van der Waals surface area contributed by atoms with Crippen molar-refractivity contribution in [3.8, 4) is 0 Å². The van der Waals surface area contributed by atoms with Crippen LogP contribution in [0.2, 0.25) is 0 Å². The van der Waals surface area contributed by atoms with E-state index in [1.54, 1.807) is 43.4 Å². The van der Waals surface area contributed by atoms with E-state index in [0.29, 0.717) is 5.56 Å². The average molecular weight is 385 g/mol. The van der Waals surface area contributed by atoms with E-state index in [-0.39, 0.29) is 17.9 Å². The van der Waals surface area contributed by atoms with Crippen molar-refractivity contribution in [1.82, 2.24) is 15.2 Å². The Morgan fingerprint density at radius 1 is 0.966 bits per heavy atom. The van der Waals surface area contributed by atoms with Crippen LogP contribution in [0.3, 0.4) is 0 Å². The number of aromatic nitrogens is 1. The van der Waals surface area contributed by atoms with Gasteiger partial charge in [0.05, 0.1) is 11.7 Å². The molecule has 146 valence electrons. The highest BCUT2D eigenvalue weighted by Gasteiger charge is 2.23. The Hall–Kier alpha value is -3.73. The van der Waals surface area contributed by atoms with E-state index in [9.17, 15) is 9.59 Å². The number of hydrogen-bond acceptors (Lipinski definition) is 3. The van der Waals surface area contributed by atoms with Gasteiger partial charge in [-0.25, -0.2) is 0 Å². The van der Waals surface area contributed by atoms with E-state index in [2.05, 4.69) is 10.3 Å². The van der Waals surface area contributed by atoms with Gasteiger partial charge in [-0.1, -0.05) is 48.5 Å². The molecule has 0 aliphatic rings. The summed E-state index contributed by atoms with van der Waals surface area (Å²) in [6.45, 7) is 0. The van der Waals surface area contributed by atoms with Crippen LogP contribution in [0, 0.1) is 0 Å². The monoisotopic (exact) mass is 385 g/mol. The fraction of sp³-hybridized carbons (Fsp3) is 0.125. The summed E-state index contributed by atoms with van der Waals surface area (Å²) in [6, 6.07) is 22.3. The Balaban J connectivity index is 1.81. The van der Waals surface area contributed by atoms with Gasteiger partial charge in [-0.05, 0) is 41.5 Å². The van der Waals surface area contributed by atoms with Crippen molar-refractivity contribution in [3.63, 3.8) is 0 Å². The Morgan fingerprint density at radius 2 is 1.66 bits per heavy atom. The van der Waals surface area contributed by atoms with Crippen LogP contribution in [0.4, 0.5) is 0 Å². The topological polar surface area (TPSA) is 62.3 Å². The SMILES string of the molecule is CNC(=O)c1ccc(/C=C/C(=O)N(C)C(c2ccccc2)c2ccccn2)cc1. The largest absolute Gasteiger partial charge is 0.355 e. The predicted molar refractivity (Wildman–Crippen MR) is 114 cm³/mol. The Bertz CT molecular complexity index is 944. The minimum atomic E-state index is -0.287. The van der Waals surface area contributed by atoms with E-state index in [1.807, 2.05) is 60.7 Å². The van der Waals surface area contributed by atoms with Crippen LogP contribution < -0.4 is 5.32 Å². The normalized spacial score (nSPS) is 11.8. The van der Waals surface area contributed by atoms with Gasteiger partial charge in [0.25, 0.3) is 5.91 Å². The van der Waals surface area contributed by atoms with Crippen LogP contribution in [-0.4, -0.2) is 35.8 Å². The molecule has 0 radical (unpaired) electrons. The lowest BCUT2D eigenvalue weighted by molar-refractivity contribution is -0.126. The third-order valence-electron chi connectivity index (χ3n) is 4.64. The number of nitrogens with zero attached hydrogens (tertiary/aromatic N) is 2. The first kappa shape index (κ1) is 20.0. The second kappa shape index (κ2) is 9.46. The maximum absolute atomic E-state index is 12.9. The lowest BCUT2D eigenvalue weighted by atomic mass is 10.0. The smallest absolute Gasteiger partial charge is 0.251 e. The van der Waals surface area contributed by atoms with Crippen LogP contribution in [0.5, 0.6) is 0 Å². The molecule has 1 heterocycles. The summed E-state index contributed by atoms with van der Waals surface area (Å²) < 4.78 is 0. The van der Waals surface area contributed by atoms with Gasteiger partial charge in [0.1, 0.15) is 0 Å². The van der Waals surface area contributed by atoms with Gasteiger partial charge in [-0.15, -0.1) is 0 Å². The first-order valence-electron chi connectivity index (χ1n) is 9.33. The van der Waals surface area contributed by atoms with Gasteiger partial charge in [-0.2, -0.15) is 0 Å². The summed E-state index contributed by atoms with van der Waals surface area (Å²) in [4.78, 5) is 30.6. The molecule has 0 saturated heterocycles. The van der Waals surface area contributed by atoms with Crippen LogP contribution in [0.1, 0.15) is 33.2 Å². The lowest BCUT2D eigenvalue weighted by Gasteiger charge is -2.27. The number of amides is 2. The minimum absolute atomic E-state index is 0.139. The average Bonchev–Trinajstić information content (AvgIpc) is 2.79. The minimum Gasteiger partial charge on any atom is -0.355 e. The molecule has 5 nitrogen and oxygen atoms in total. The molecule has 0 fully saturated rings. The third kappa shape index (κ3) is 4.96. The van der Waals surface area contributed by atoms with Crippen molar-refractivity contribution in [2.45, 2.75) is 6.04 Å². The Labute approximate surface area is 170 Å². The maximum Gasteiger partial charge on any atom is 0.251 e. The number of hydrogen-bond donors (Lipinski definition) is 1. The standard InChI is InChI=1S/C24H23N3O2/c1-25-24(29)20-14-11-18(12-15-20)13-16-22(28)27(2)23(19-8-4-3-5-9-19)21-10-6-7-17-26-21/h3-17,23H,1-2H3,(H,25,29)/b16-13+. The van der Waals surface area contributed by atoms with E-state index < -0.39 is 0 Å². The number of benzene rings is 2. The number of carbonyl (C=O) groups is 2. The summed E-state index contributed by atoms with van der Waals surface area (Å²) in [7, 11) is 3.36. The molecule has 0 bridgehead atoms. The third-order valence-corrected chi connectivity index (χ3v) is 4.64. The Morgan fingerprint density at radius 3 is 2.28 bits per heavy atom. The molecule has 29 heavy (non-hydrogen) atoms. The van der Waals surface area contributed by atoms with Crippen molar-refractivity contribution in [1.29, 1.82) is 0 Å². The molecule has 1 N–H and O–H groups in total. The van der Waals surface area contributed by atoms with Gasteiger partial charge >= 0.3 is 0 Å². The Kier molecular flexibility index (Phi) is 6.53. The molecule has 0 aliphatic heterocycles. The lowest BCUT2D eigenvalue weighted by Crippen LogP contribution is -2.31. The number of nitrogens with one attached hydrogen (secondary N) is 1. The van der Waals surface area contributed by atoms with Crippen molar-refractivity contribution >= 4 is 17.9 Å². The quantitative estimate of drug-likeness (QED) is 0.658. The second-order valence-corrected chi connectivity index (χ2v) is 6.55. The van der Waals surface area contributed by atoms with Crippen molar-refractivity contribution in [3.05, 3.63) is 107 Å². The molecule has 1 aromatic heterocycles. The van der Waals surface area contributed by atoms with E-state index in [1.165, 1.54) is 6.08 Å². The van der Waals surface area contributed by atoms with Gasteiger partial charge in [0.15, 0.2) is 0 Å². The molecule has 0 spiro atoms. The molecular weight excluding hydrogens is 362 g/mol. The zero-order chi connectivity index (χ0) is 20.6. The van der Waals surface area contributed by atoms with Crippen molar-refractivity contribution < 1.29 is 9.59 Å². The fourth-order valence-corrected chi connectivity index (χ4v) is 3.07. The van der Waals surface area contributed by atoms with E-state index in [0.717, 1.165) is 16.8 Å². The van der Waals surface area contributed by atoms with Crippen molar-refractivity contribution in [2.24, 2.45) is 0 Å². The fourth-order valence-electron chi connectivity index (χ4n) is 3.07. The maximum atomic E-state index is 12.9. The molecule has 0 aliphatic carbocycles. The summed E-state index contributed by atoms with van der Waals surface area (Å²) in [5, 5.41) is 2.59. The van der Waals surface area contributed by atoms with Gasteiger partial charge in [0.2, 0.25) is 5.91 Å². The predicted octanol–water partition coefficient (Wildman–Crippen LogP) is 3.70. The molecule has 1 atom stereocenters.